The van der Waals surface area contributed by atoms with Gasteiger partial charge in [0.1, 0.15) is 0 Å². The summed E-state index contributed by atoms with van der Waals surface area (Å²) in [6, 6.07) is 0. The Kier molecular flexibility index (Phi) is 3.43. The van der Waals surface area contributed by atoms with Crippen molar-refractivity contribution in [2.24, 2.45) is 5.73 Å². The van der Waals surface area contributed by atoms with E-state index in [0.29, 0.717) is 17.0 Å². The van der Waals surface area contributed by atoms with Crippen LogP contribution in [-0.4, -0.2) is 26.5 Å². The molecule has 6 nitrogen and oxygen atoms in total. The molecule has 0 unspecified atom stereocenters. The van der Waals surface area contributed by atoms with Crippen LogP contribution in [0.1, 0.15) is 5.69 Å². The summed E-state index contributed by atoms with van der Waals surface area (Å²) in [6.07, 6.45) is 0. The molecule has 1 rings (SSSR count). The minimum atomic E-state index is -3.57. The third kappa shape index (κ3) is 2.41. The Hall–Kier alpha value is -0.700. The lowest BCUT2D eigenvalue weighted by Crippen LogP contribution is -2.29. The lowest BCUT2D eigenvalue weighted by Gasteiger charge is -2.02. The number of nitrogens with two attached hydrogens (primary N) is 1. The zero-order valence-electron chi connectivity index (χ0n) is 7.53. The molecule has 0 aliphatic heterocycles. The molecule has 0 radical (unpaired) electrons. The Morgan fingerprint density at radius 1 is 1.57 bits per heavy atom. The van der Waals surface area contributed by atoms with E-state index in [0.717, 1.165) is 0 Å². The fourth-order valence-electron chi connectivity index (χ4n) is 0.906. The third-order valence-electron chi connectivity index (χ3n) is 1.46. The number of aromatic nitrogens is 1. The molecule has 0 spiro atoms. The van der Waals surface area contributed by atoms with E-state index in [9.17, 15) is 13.2 Å². The Morgan fingerprint density at radius 3 is 2.64 bits per heavy atom. The largest absolute Gasteiger partial charge is 0.329 e. The minimum Gasteiger partial charge on any atom is -0.329 e. The number of aryl methyl sites for hydroxylation is 1. The fraction of sp³-hybridized carbons (Fsp3) is 0.500. The predicted octanol–water partition coefficient (Wildman–Crippen LogP) is -1.02. The van der Waals surface area contributed by atoms with Crippen molar-refractivity contribution in [2.45, 2.75) is 11.1 Å². The van der Waals surface area contributed by atoms with E-state index in [1.165, 1.54) is 6.92 Å². The van der Waals surface area contributed by atoms with Crippen LogP contribution in [0.4, 0.5) is 0 Å². The molecule has 0 aliphatic carbocycles. The van der Waals surface area contributed by atoms with Crippen LogP contribution >= 0.6 is 11.3 Å². The highest BCUT2D eigenvalue weighted by Crippen LogP contribution is 2.14. The lowest BCUT2D eigenvalue weighted by atomic mass is 10.6. The highest BCUT2D eigenvalue weighted by molar-refractivity contribution is 7.91. The first-order valence-corrected chi connectivity index (χ1v) is 6.17. The monoisotopic (exact) mass is 237 g/mol. The molecule has 0 bridgehead atoms. The summed E-state index contributed by atoms with van der Waals surface area (Å²) in [5.74, 6) is 0. The topological polar surface area (TPSA) is 105 Å². The summed E-state index contributed by atoms with van der Waals surface area (Å²) in [7, 11) is -3.57. The van der Waals surface area contributed by atoms with Crippen LogP contribution in [-0.2, 0) is 10.0 Å². The standard InChI is InChI=1S/C6H11N3O3S2/c1-4-5(13-6(10)9-4)14(11,12)8-3-2-7/h8H,2-3,7H2,1H3,(H,9,10). The van der Waals surface area contributed by atoms with Gasteiger partial charge in [-0.15, -0.1) is 0 Å². The molecule has 1 aromatic rings. The van der Waals surface area contributed by atoms with Crippen molar-refractivity contribution in [2.75, 3.05) is 13.1 Å². The average Bonchev–Trinajstić information content (AvgIpc) is 2.42. The van der Waals surface area contributed by atoms with E-state index in [4.69, 9.17) is 5.73 Å². The number of aromatic amines is 1. The van der Waals surface area contributed by atoms with Crippen LogP contribution in [0.2, 0.25) is 0 Å². The van der Waals surface area contributed by atoms with Crippen LogP contribution in [0.3, 0.4) is 0 Å². The summed E-state index contributed by atoms with van der Waals surface area (Å²) in [6.45, 7) is 1.92. The highest BCUT2D eigenvalue weighted by atomic mass is 32.2. The van der Waals surface area contributed by atoms with Gasteiger partial charge < -0.3 is 10.7 Å². The Balaban J connectivity index is 3.04. The molecule has 8 heteroatoms. The zero-order valence-corrected chi connectivity index (χ0v) is 9.17. The number of H-pyrrole nitrogens is 1. The molecule has 80 valence electrons. The van der Waals surface area contributed by atoms with Gasteiger partial charge in [-0.1, -0.05) is 11.3 Å². The van der Waals surface area contributed by atoms with Crippen molar-refractivity contribution in [3.63, 3.8) is 0 Å². The highest BCUT2D eigenvalue weighted by Gasteiger charge is 2.19. The second kappa shape index (κ2) is 4.22. The molecule has 0 fully saturated rings. The molecular formula is C6H11N3O3S2. The van der Waals surface area contributed by atoms with Crippen molar-refractivity contribution in [3.05, 3.63) is 15.4 Å². The molecule has 4 N–H and O–H groups in total. The molecule has 0 aromatic carbocycles. The maximum atomic E-state index is 11.5. The van der Waals surface area contributed by atoms with Gasteiger partial charge >= 0.3 is 4.87 Å². The lowest BCUT2D eigenvalue weighted by molar-refractivity contribution is 0.583. The van der Waals surface area contributed by atoms with Gasteiger partial charge in [-0.05, 0) is 6.92 Å². The van der Waals surface area contributed by atoms with Gasteiger partial charge in [-0.2, -0.15) is 0 Å². The molecule has 0 aliphatic rings. The Labute approximate surface area is 85.2 Å². The van der Waals surface area contributed by atoms with Crippen LogP contribution < -0.4 is 15.3 Å². The smallest absolute Gasteiger partial charge is 0.305 e. The van der Waals surface area contributed by atoms with Gasteiger partial charge in [-0.3, -0.25) is 4.79 Å². The van der Waals surface area contributed by atoms with Gasteiger partial charge in [0.25, 0.3) is 10.0 Å². The molecule has 1 heterocycles. The third-order valence-corrected chi connectivity index (χ3v) is 4.53. The molecule has 14 heavy (non-hydrogen) atoms. The molecule has 0 amide bonds. The van der Waals surface area contributed by atoms with Crippen molar-refractivity contribution in [1.29, 1.82) is 0 Å². The summed E-state index contributed by atoms with van der Waals surface area (Å²) >= 11 is 0.669. The summed E-state index contributed by atoms with van der Waals surface area (Å²) in [5, 5.41) is 0. The first kappa shape index (κ1) is 11.4. The summed E-state index contributed by atoms with van der Waals surface area (Å²) in [5.41, 5.74) is 5.52. The predicted molar refractivity (Wildman–Crippen MR) is 53.9 cm³/mol. The van der Waals surface area contributed by atoms with Crippen molar-refractivity contribution >= 4 is 21.4 Å². The van der Waals surface area contributed by atoms with Crippen molar-refractivity contribution in [3.8, 4) is 0 Å². The second-order valence-electron chi connectivity index (χ2n) is 2.61. The average molecular weight is 237 g/mol. The fourth-order valence-corrected chi connectivity index (χ4v) is 3.30. The van der Waals surface area contributed by atoms with Crippen LogP contribution in [0.25, 0.3) is 0 Å². The summed E-state index contributed by atoms with van der Waals surface area (Å²) < 4.78 is 25.3. The maximum absolute atomic E-state index is 11.5. The number of nitrogens with one attached hydrogen (secondary N) is 2. The molecule has 1 aromatic heterocycles. The Bertz CT molecular complexity index is 459. The van der Waals surface area contributed by atoms with Crippen LogP contribution in [0, 0.1) is 6.92 Å². The first-order chi connectivity index (χ1) is 6.47. The number of sulfonamides is 1. The van der Waals surface area contributed by atoms with E-state index < -0.39 is 10.0 Å². The van der Waals surface area contributed by atoms with E-state index >= 15 is 0 Å². The zero-order chi connectivity index (χ0) is 10.8. The van der Waals surface area contributed by atoms with Crippen molar-refractivity contribution in [1.82, 2.24) is 9.71 Å². The number of hydrogen-bond acceptors (Lipinski definition) is 5. The van der Waals surface area contributed by atoms with E-state index in [-0.39, 0.29) is 22.2 Å². The Morgan fingerprint density at radius 2 is 2.21 bits per heavy atom. The number of thiazole rings is 1. The van der Waals surface area contributed by atoms with E-state index in [2.05, 4.69) is 9.71 Å². The molecule has 0 atom stereocenters. The molecular weight excluding hydrogens is 226 g/mol. The van der Waals surface area contributed by atoms with Gasteiger partial charge in [-0.25, -0.2) is 13.1 Å². The van der Waals surface area contributed by atoms with Crippen molar-refractivity contribution < 1.29 is 8.42 Å². The minimum absolute atomic E-state index is 0.0240. The maximum Gasteiger partial charge on any atom is 0.305 e. The quantitative estimate of drug-likeness (QED) is 0.623. The van der Waals surface area contributed by atoms with E-state index in [1.54, 1.807) is 0 Å². The molecule has 0 saturated carbocycles. The normalized spacial score (nSPS) is 11.9. The number of hydrogen-bond donors (Lipinski definition) is 3. The van der Waals surface area contributed by atoms with Gasteiger partial charge in [0.15, 0.2) is 4.21 Å². The van der Waals surface area contributed by atoms with Crippen LogP contribution in [0.15, 0.2) is 9.00 Å². The molecule has 0 saturated heterocycles. The second-order valence-corrected chi connectivity index (χ2v) is 5.56. The van der Waals surface area contributed by atoms with E-state index in [1.807, 2.05) is 0 Å². The van der Waals surface area contributed by atoms with Gasteiger partial charge in [0.05, 0.1) is 0 Å². The van der Waals surface area contributed by atoms with Gasteiger partial charge in [0.2, 0.25) is 0 Å². The van der Waals surface area contributed by atoms with Crippen LogP contribution in [0.5, 0.6) is 0 Å². The number of rotatable bonds is 4. The summed E-state index contributed by atoms with van der Waals surface area (Å²) in [4.78, 5) is 12.9. The first-order valence-electron chi connectivity index (χ1n) is 3.87. The SMILES string of the molecule is Cc1[nH]c(=O)sc1S(=O)(=O)NCCN. The van der Waals surface area contributed by atoms with Gasteiger partial charge in [0, 0.05) is 18.8 Å².